The summed E-state index contributed by atoms with van der Waals surface area (Å²) in [6.07, 6.45) is 0. The molecule has 0 bridgehead atoms. The van der Waals surface area contributed by atoms with Gasteiger partial charge >= 0.3 is 65.0 Å². The SMILES string of the molecule is [Po][CH2]c1ccccc1. The van der Waals surface area contributed by atoms with Crippen LogP contribution in [-0.4, -0.2) is 25.1 Å². The third-order valence-electron chi connectivity index (χ3n) is 1.01. The molecule has 41 valence electrons. The van der Waals surface area contributed by atoms with Crippen LogP contribution in [0.2, 0.25) is 0 Å². The molecule has 1 aromatic carbocycles. The van der Waals surface area contributed by atoms with E-state index in [1.807, 2.05) is 0 Å². The van der Waals surface area contributed by atoms with Gasteiger partial charge in [0.2, 0.25) is 0 Å². The third-order valence-corrected chi connectivity index (χ3v) is 2.31. The first-order valence-corrected chi connectivity index (χ1v) is 4.80. The number of hydrogen-bond donors (Lipinski definition) is 0. The van der Waals surface area contributed by atoms with E-state index in [0.29, 0.717) is 0 Å². The summed E-state index contributed by atoms with van der Waals surface area (Å²) in [6, 6.07) is 10.5. The zero-order valence-electron chi connectivity index (χ0n) is 4.50. The zero-order valence-corrected chi connectivity index (χ0v) is 7.68. The third kappa shape index (κ3) is 1.56. The summed E-state index contributed by atoms with van der Waals surface area (Å²) in [5.74, 6) is 0. The number of benzene rings is 1. The summed E-state index contributed by atoms with van der Waals surface area (Å²) in [5.41, 5.74) is 1.45. The van der Waals surface area contributed by atoms with Gasteiger partial charge in [-0.25, -0.2) is 0 Å². The Bertz CT molecular complexity index is 146. The monoisotopic (exact) mass is 300 g/mol. The van der Waals surface area contributed by atoms with Crippen LogP contribution < -0.4 is 0 Å². The molecule has 0 spiro atoms. The van der Waals surface area contributed by atoms with Gasteiger partial charge in [-0.1, -0.05) is 0 Å². The van der Waals surface area contributed by atoms with Crippen LogP contribution >= 0.6 is 0 Å². The fraction of sp³-hybridized carbons (Fsp3) is 0.143. The van der Waals surface area contributed by atoms with E-state index in [4.69, 9.17) is 0 Å². The fourth-order valence-corrected chi connectivity index (χ4v) is 1.32. The Morgan fingerprint density at radius 1 is 1.12 bits per heavy atom. The van der Waals surface area contributed by atoms with E-state index in [2.05, 4.69) is 30.3 Å². The molecule has 1 aromatic rings. The molecule has 0 aliphatic rings. The van der Waals surface area contributed by atoms with E-state index in [9.17, 15) is 0 Å². The number of rotatable bonds is 1. The summed E-state index contributed by atoms with van der Waals surface area (Å²) in [4.78, 5) is 0. The molecule has 0 saturated heterocycles. The number of hydrogen-bond acceptors (Lipinski definition) is 0. The topological polar surface area (TPSA) is 0 Å². The average Bonchev–Trinajstić information content (AvgIpc) is 1.90. The second-order valence-corrected chi connectivity index (χ2v) is 2.75. The first-order valence-electron chi connectivity index (χ1n) is 2.55. The van der Waals surface area contributed by atoms with Crippen molar-refractivity contribution >= 4 is 25.1 Å². The molecule has 0 nitrogen and oxygen atoms in total. The summed E-state index contributed by atoms with van der Waals surface area (Å²) < 4.78 is 1.22. The second-order valence-electron chi connectivity index (χ2n) is 1.63. The first-order chi connectivity index (χ1) is 3.93. The van der Waals surface area contributed by atoms with Crippen molar-refractivity contribution in [2.24, 2.45) is 0 Å². The molecule has 0 N–H and O–H groups in total. The van der Waals surface area contributed by atoms with Gasteiger partial charge in [0.05, 0.1) is 0 Å². The normalized spacial score (nSPS) is 9.12. The predicted octanol–water partition coefficient (Wildman–Crippen LogP) is 1.36. The second kappa shape index (κ2) is 3.20. The molecule has 0 aliphatic carbocycles. The molecule has 8 heavy (non-hydrogen) atoms. The Morgan fingerprint density at radius 2 is 1.75 bits per heavy atom. The summed E-state index contributed by atoms with van der Waals surface area (Å²) in [5, 5.41) is 0. The van der Waals surface area contributed by atoms with Crippen LogP contribution in [0.3, 0.4) is 0 Å². The zero-order chi connectivity index (χ0) is 5.82. The Morgan fingerprint density at radius 3 is 2.12 bits per heavy atom. The van der Waals surface area contributed by atoms with Gasteiger partial charge < -0.3 is 0 Å². The molecule has 0 unspecified atom stereocenters. The molecule has 1 heteroatoms. The summed E-state index contributed by atoms with van der Waals surface area (Å²) in [7, 11) is 0. The van der Waals surface area contributed by atoms with Gasteiger partial charge in [-0.15, -0.1) is 0 Å². The van der Waals surface area contributed by atoms with Crippen LogP contribution in [-0.2, 0) is 4.08 Å². The fourth-order valence-electron chi connectivity index (χ4n) is 0.574. The molecule has 0 amide bonds. The van der Waals surface area contributed by atoms with Crippen molar-refractivity contribution in [1.29, 1.82) is 0 Å². The van der Waals surface area contributed by atoms with Crippen molar-refractivity contribution in [3.8, 4) is 0 Å². The predicted molar refractivity (Wildman–Crippen MR) is 35.9 cm³/mol. The standard InChI is InChI=1S/C7H7.Po/c1-7-5-3-2-4-6-7;/h2-6H,1H2;. The maximum atomic E-state index is 2.16. The Kier molecular flexibility index (Phi) is 2.50. The molecular formula is C7H7Po. The van der Waals surface area contributed by atoms with Gasteiger partial charge in [-0.05, 0) is 0 Å². The van der Waals surface area contributed by atoms with Crippen LogP contribution in [0, 0.1) is 0 Å². The van der Waals surface area contributed by atoms with E-state index in [1.54, 1.807) is 25.1 Å². The van der Waals surface area contributed by atoms with E-state index >= 15 is 0 Å². The van der Waals surface area contributed by atoms with Crippen LogP contribution in [0.15, 0.2) is 30.3 Å². The molecule has 1 rings (SSSR count). The first kappa shape index (κ1) is 6.24. The van der Waals surface area contributed by atoms with E-state index < -0.39 is 0 Å². The van der Waals surface area contributed by atoms with Crippen molar-refractivity contribution in [2.75, 3.05) is 0 Å². The van der Waals surface area contributed by atoms with Gasteiger partial charge in [0.1, 0.15) is 0 Å². The van der Waals surface area contributed by atoms with Gasteiger partial charge in [0, 0.05) is 0 Å². The molecule has 0 atom stereocenters. The van der Waals surface area contributed by atoms with Crippen molar-refractivity contribution in [3.63, 3.8) is 0 Å². The molecular weight excluding hydrogens is 293 g/mol. The minimum absolute atomic E-state index is 1.22. The molecule has 0 saturated carbocycles. The molecule has 0 heterocycles. The Balaban J connectivity index is 2.83. The average molecular weight is 300 g/mol. The quantitative estimate of drug-likeness (QED) is 0.734. The molecule has 0 aliphatic heterocycles. The summed E-state index contributed by atoms with van der Waals surface area (Å²) >= 11 is 1.63. The molecule has 1 radical (unpaired) electrons. The van der Waals surface area contributed by atoms with Gasteiger partial charge in [-0.2, -0.15) is 0 Å². The van der Waals surface area contributed by atoms with Crippen molar-refractivity contribution in [2.45, 2.75) is 4.08 Å². The van der Waals surface area contributed by atoms with Crippen LogP contribution in [0.25, 0.3) is 0 Å². The van der Waals surface area contributed by atoms with Gasteiger partial charge in [-0.3, -0.25) is 0 Å². The maximum absolute atomic E-state index is 2.16. The Labute approximate surface area is 65.0 Å². The molecule has 0 aromatic heterocycles. The van der Waals surface area contributed by atoms with E-state index in [1.165, 1.54) is 9.64 Å². The molecule has 0 fully saturated rings. The Hall–Kier alpha value is 0.116. The van der Waals surface area contributed by atoms with Crippen LogP contribution in [0.5, 0.6) is 0 Å². The van der Waals surface area contributed by atoms with Crippen molar-refractivity contribution in [3.05, 3.63) is 35.9 Å². The van der Waals surface area contributed by atoms with Gasteiger partial charge in [0.25, 0.3) is 0 Å². The van der Waals surface area contributed by atoms with Gasteiger partial charge in [0.15, 0.2) is 0 Å². The van der Waals surface area contributed by atoms with Crippen LogP contribution in [0.4, 0.5) is 0 Å². The summed E-state index contributed by atoms with van der Waals surface area (Å²) in [6.45, 7) is 0. The van der Waals surface area contributed by atoms with Crippen LogP contribution in [0.1, 0.15) is 5.56 Å². The van der Waals surface area contributed by atoms with Crippen molar-refractivity contribution < 1.29 is 0 Å². The minimum atomic E-state index is 1.22. The van der Waals surface area contributed by atoms with E-state index in [0.717, 1.165) is 0 Å². The van der Waals surface area contributed by atoms with E-state index in [-0.39, 0.29) is 0 Å². The van der Waals surface area contributed by atoms with Crippen molar-refractivity contribution in [1.82, 2.24) is 0 Å².